The van der Waals surface area contributed by atoms with E-state index in [9.17, 15) is 9.59 Å². The van der Waals surface area contributed by atoms with Gasteiger partial charge in [-0.2, -0.15) is 0 Å². The Kier molecular flexibility index (Phi) is 10.7. The average Bonchev–Trinajstić information content (AvgIpc) is 2.61. The quantitative estimate of drug-likeness (QED) is 0.511. The number of carbonyl (C=O) groups excluding carboxylic acids is 2. The molecule has 0 bridgehead atoms. The van der Waals surface area contributed by atoms with Crippen molar-refractivity contribution in [2.75, 3.05) is 26.4 Å². The van der Waals surface area contributed by atoms with Gasteiger partial charge in [-0.05, 0) is 52.0 Å². The molecule has 4 unspecified atom stereocenters. The number of hydrogen-bond acceptors (Lipinski definition) is 8. The van der Waals surface area contributed by atoms with Crippen LogP contribution in [0, 0.1) is 0 Å². The summed E-state index contributed by atoms with van der Waals surface area (Å²) in [6.45, 7) is 7.27. The Labute approximate surface area is 165 Å². The molecule has 0 aliphatic rings. The van der Waals surface area contributed by atoms with Crippen LogP contribution in [-0.4, -0.2) is 73.0 Å². The van der Waals surface area contributed by atoms with Gasteiger partial charge >= 0.3 is 11.9 Å². The molecule has 4 atom stereocenters. The SMILES string of the molecule is CC(O)COCC(C)OC(=O)c1ccc(C(=O)OC(C)COCC(C)O)cc1. The zero-order valence-corrected chi connectivity index (χ0v) is 16.8. The van der Waals surface area contributed by atoms with Gasteiger partial charge in [0.2, 0.25) is 0 Å². The number of ether oxygens (including phenoxy) is 4. The number of aliphatic hydroxyl groups excluding tert-OH is 2. The molecule has 158 valence electrons. The summed E-state index contributed by atoms with van der Waals surface area (Å²) in [5, 5.41) is 18.3. The minimum Gasteiger partial charge on any atom is -0.457 e. The third kappa shape index (κ3) is 9.80. The molecule has 0 spiro atoms. The van der Waals surface area contributed by atoms with Crippen LogP contribution in [0.5, 0.6) is 0 Å². The highest BCUT2D eigenvalue weighted by molar-refractivity contribution is 5.93. The molecule has 0 aliphatic heterocycles. The van der Waals surface area contributed by atoms with Crippen LogP contribution in [0.2, 0.25) is 0 Å². The molecule has 1 rings (SSSR count). The van der Waals surface area contributed by atoms with Gasteiger partial charge in [0.15, 0.2) is 0 Å². The zero-order chi connectivity index (χ0) is 21.1. The number of carbonyl (C=O) groups is 2. The van der Waals surface area contributed by atoms with Gasteiger partial charge in [0.1, 0.15) is 12.2 Å². The van der Waals surface area contributed by atoms with E-state index in [2.05, 4.69) is 0 Å². The van der Waals surface area contributed by atoms with Crippen molar-refractivity contribution in [2.45, 2.75) is 52.1 Å². The van der Waals surface area contributed by atoms with Crippen LogP contribution in [0.3, 0.4) is 0 Å². The fourth-order valence-corrected chi connectivity index (χ4v) is 2.12. The minimum atomic E-state index is -0.581. The third-order valence-electron chi connectivity index (χ3n) is 3.40. The maximum Gasteiger partial charge on any atom is 0.338 e. The summed E-state index contributed by atoms with van der Waals surface area (Å²) in [5.41, 5.74) is 0.597. The molecular formula is C20H30O8. The molecule has 8 nitrogen and oxygen atoms in total. The lowest BCUT2D eigenvalue weighted by molar-refractivity contribution is -0.0169. The molecule has 1 aromatic rings. The zero-order valence-electron chi connectivity index (χ0n) is 16.8. The number of rotatable bonds is 12. The first-order valence-corrected chi connectivity index (χ1v) is 9.22. The van der Waals surface area contributed by atoms with Gasteiger partial charge in [-0.3, -0.25) is 0 Å². The molecule has 0 aromatic heterocycles. The lowest BCUT2D eigenvalue weighted by Crippen LogP contribution is -2.23. The van der Waals surface area contributed by atoms with Gasteiger partial charge < -0.3 is 29.2 Å². The van der Waals surface area contributed by atoms with E-state index >= 15 is 0 Å². The van der Waals surface area contributed by atoms with Crippen molar-refractivity contribution in [1.82, 2.24) is 0 Å². The maximum absolute atomic E-state index is 12.1. The van der Waals surface area contributed by atoms with Crippen molar-refractivity contribution in [3.63, 3.8) is 0 Å². The molecule has 2 N–H and O–H groups in total. The first kappa shape index (κ1) is 24.0. The summed E-state index contributed by atoms with van der Waals surface area (Å²) in [6.07, 6.45) is -2.11. The van der Waals surface area contributed by atoms with Gasteiger partial charge in [-0.25, -0.2) is 9.59 Å². The van der Waals surface area contributed by atoms with Crippen molar-refractivity contribution in [1.29, 1.82) is 0 Å². The number of benzene rings is 1. The van der Waals surface area contributed by atoms with Gasteiger partial charge in [0.25, 0.3) is 0 Å². The molecule has 0 fully saturated rings. The van der Waals surface area contributed by atoms with Crippen LogP contribution in [0.4, 0.5) is 0 Å². The van der Waals surface area contributed by atoms with E-state index < -0.39 is 36.4 Å². The van der Waals surface area contributed by atoms with E-state index in [-0.39, 0.29) is 26.4 Å². The molecule has 0 heterocycles. The Balaban J connectivity index is 2.46. The van der Waals surface area contributed by atoms with E-state index in [0.717, 1.165) is 0 Å². The summed E-state index contributed by atoms with van der Waals surface area (Å²) in [7, 11) is 0. The van der Waals surface area contributed by atoms with E-state index in [1.807, 2.05) is 0 Å². The first-order valence-electron chi connectivity index (χ1n) is 9.22. The normalized spacial score (nSPS) is 15.4. The van der Waals surface area contributed by atoms with E-state index in [4.69, 9.17) is 29.2 Å². The maximum atomic E-state index is 12.1. The van der Waals surface area contributed by atoms with E-state index in [1.165, 1.54) is 24.3 Å². The molecule has 0 amide bonds. The number of esters is 2. The molecular weight excluding hydrogens is 368 g/mol. The van der Waals surface area contributed by atoms with Crippen molar-refractivity contribution in [3.8, 4) is 0 Å². The molecule has 0 saturated heterocycles. The summed E-state index contributed by atoms with van der Waals surface area (Å²) in [6, 6.07) is 5.93. The largest absolute Gasteiger partial charge is 0.457 e. The molecule has 0 radical (unpaired) electrons. The average molecular weight is 398 g/mol. The van der Waals surface area contributed by atoms with Gasteiger partial charge in [0, 0.05) is 0 Å². The lowest BCUT2D eigenvalue weighted by Gasteiger charge is -2.15. The lowest BCUT2D eigenvalue weighted by atomic mass is 10.1. The van der Waals surface area contributed by atoms with Gasteiger partial charge in [-0.15, -0.1) is 0 Å². The van der Waals surface area contributed by atoms with Crippen molar-refractivity contribution >= 4 is 11.9 Å². The van der Waals surface area contributed by atoms with Crippen molar-refractivity contribution in [2.24, 2.45) is 0 Å². The Bertz CT molecular complexity index is 544. The molecule has 8 heteroatoms. The first-order chi connectivity index (χ1) is 13.2. The van der Waals surface area contributed by atoms with Crippen molar-refractivity contribution < 1.29 is 38.7 Å². The highest BCUT2D eigenvalue weighted by atomic mass is 16.6. The van der Waals surface area contributed by atoms with Crippen LogP contribution in [0.15, 0.2) is 24.3 Å². The minimum absolute atomic E-state index is 0.168. The highest BCUT2D eigenvalue weighted by Crippen LogP contribution is 2.10. The second-order valence-electron chi connectivity index (χ2n) is 6.78. The smallest absolute Gasteiger partial charge is 0.338 e. The Morgan fingerprint density at radius 1 is 0.714 bits per heavy atom. The molecule has 0 aliphatic carbocycles. The second kappa shape index (κ2) is 12.5. The summed E-state index contributed by atoms with van der Waals surface area (Å²) >= 11 is 0. The second-order valence-corrected chi connectivity index (χ2v) is 6.78. The number of hydrogen-bond donors (Lipinski definition) is 2. The van der Waals surface area contributed by atoms with Crippen molar-refractivity contribution in [3.05, 3.63) is 35.4 Å². The van der Waals surface area contributed by atoms with E-state index in [1.54, 1.807) is 27.7 Å². The molecule has 1 aromatic carbocycles. The Hall–Kier alpha value is -2.00. The van der Waals surface area contributed by atoms with Gasteiger partial charge in [0.05, 0.1) is 49.8 Å². The molecule has 28 heavy (non-hydrogen) atoms. The van der Waals surface area contributed by atoms with Crippen LogP contribution in [0.25, 0.3) is 0 Å². The fourth-order valence-electron chi connectivity index (χ4n) is 2.12. The summed E-state index contributed by atoms with van der Waals surface area (Å²) in [4.78, 5) is 24.2. The van der Waals surface area contributed by atoms with Crippen LogP contribution >= 0.6 is 0 Å². The van der Waals surface area contributed by atoms with Crippen LogP contribution < -0.4 is 0 Å². The summed E-state index contributed by atoms with van der Waals surface area (Å²) < 4.78 is 20.9. The standard InChI is InChI=1S/C20H30O8/c1-13(21)9-25-11-15(3)27-19(23)17-5-7-18(8-6-17)20(24)28-16(4)12-26-10-14(2)22/h5-8,13-16,21-22H,9-12H2,1-4H3. The van der Waals surface area contributed by atoms with E-state index in [0.29, 0.717) is 11.1 Å². The van der Waals surface area contributed by atoms with Crippen LogP contribution in [-0.2, 0) is 18.9 Å². The van der Waals surface area contributed by atoms with Gasteiger partial charge in [-0.1, -0.05) is 0 Å². The predicted octanol–water partition coefficient (Wildman–Crippen LogP) is 1.57. The molecule has 0 saturated carbocycles. The Morgan fingerprint density at radius 3 is 1.32 bits per heavy atom. The monoisotopic (exact) mass is 398 g/mol. The Morgan fingerprint density at radius 2 is 1.04 bits per heavy atom. The topological polar surface area (TPSA) is 112 Å². The number of aliphatic hydroxyl groups is 2. The summed E-state index contributed by atoms with van der Waals surface area (Å²) in [5.74, 6) is -1.07. The highest BCUT2D eigenvalue weighted by Gasteiger charge is 2.16. The van der Waals surface area contributed by atoms with Crippen LogP contribution in [0.1, 0.15) is 48.4 Å². The third-order valence-corrected chi connectivity index (χ3v) is 3.40. The predicted molar refractivity (Wildman–Crippen MR) is 101 cm³/mol. The fraction of sp³-hybridized carbons (Fsp3) is 0.600.